The lowest BCUT2D eigenvalue weighted by Gasteiger charge is -2.29. The van der Waals surface area contributed by atoms with Crippen LogP contribution in [0.3, 0.4) is 0 Å². The second-order valence-corrected chi connectivity index (χ2v) is 8.89. The van der Waals surface area contributed by atoms with Crippen molar-refractivity contribution < 1.29 is 37.1 Å². The minimum Gasteiger partial charge on any atom is -0.444 e. The molecular weight excluding hydrogens is 503 g/mol. The fraction of sp³-hybridized carbons (Fsp3) is 0.185. The van der Waals surface area contributed by atoms with Crippen LogP contribution in [0.4, 0.5) is 23.7 Å². The summed E-state index contributed by atoms with van der Waals surface area (Å²) in [6.45, 7) is -0.571. The van der Waals surface area contributed by atoms with Gasteiger partial charge in [0.1, 0.15) is 30.1 Å². The second-order valence-electron chi connectivity index (χ2n) is 8.89. The van der Waals surface area contributed by atoms with Crippen molar-refractivity contribution in [2.75, 3.05) is 5.32 Å². The Kier molecular flexibility index (Phi) is 6.58. The molecule has 3 aromatic carbocycles. The molecule has 3 aromatic rings. The molecule has 5 rings (SSSR count). The number of piperidine rings is 1. The number of halogens is 3. The van der Waals surface area contributed by atoms with Gasteiger partial charge in [0.15, 0.2) is 0 Å². The number of nitrogens with one attached hydrogen (secondary N) is 2. The van der Waals surface area contributed by atoms with Gasteiger partial charge < -0.3 is 9.64 Å². The summed E-state index contributed by atoms with van der Waals surface area (Å²) in [5, 5.41) is 4.40. The third-order valence-corrected chi connectivity index (χ3v) is 6.38. The van der Waals surface area contributed by atoms with Crippen LogP contribution in [-0.2, 0) is 27.5 Å². The molecule has 194 valence electrons. The van der Waals surface area contributed by atoms with E-state index < -0.39 is 53.9 Å². The highest BCUT2D eigenvalue weighted by molar-refractivity contribution is 6.05. The smallest absolute Gasteiger partial charge is 0.411 e. The highest BCUT2D eigenvalue weighted by Gasteiger charge is 2.40. The van der Waals surface area contributed by atoms with Crippen molar-refractivity contribution in [2.45, 2.75) is 32.0 Å². The number of anilines is 1. The van der Waals surface area contributed by atoms with E-state index in [0.29, 0.717) is 5.56 Å². The maximum atomic E-state index is 14.8. The molecule has 2 N–H and O–H groups in total. The molecule has 0 aliphatic carbocycles. The van der Waals surface area contributed by atoms with E-state index in [1.54, 1.807) is 30.3 Å². The summed E-state index contributed by atoms with van der Waals surface area (Å²) in [7, 11) is 0. The molecular formula is C27H20F3N3O5. The Balaban J connectivity index is 1.25. The standard InChI is InChI=1S/C27H20F3N3O5/c28-19-9-14(8-17-18(19)12-33(26(17)36)22-6-7-23(34)32-25(22)35)13-38-27(37)31-16-10-20(29)24(21(30)11-16)15-4-2-1-3-5-15/h1-5,8-11,22H,6-7,12-13H2,(H,31,37)(H,32,34,35). The molecule has 1 unspecified atom stereocenters. The summed E-state index contributed by atoms with van der Waals surface area (Å²) < 4.78 is 49.0. The van der Waals surface area contributed by atoms with Crippen molar-refractivity contribution in [3.63, 3.8) is 0 Å². The molecule has 0 spiro atoms. The van der Waals surface area contributed by atoms with Crippen LogP contribution in [0.1, 0.15) is 34.3 Å². The first-order chi connectivity index (χ1) is 18.2. The predicted octanol–water partition coefficient (Wildman–Crippen LogP) is 4.28. The summed E-state index contributed by atoms with van der Waals surface area (Å²) in [6, 6.07) is 11.5. The molecule has 0 saturated carbocycles. The minimum atomic E-state index is -1.05. The normalized spacial score (nSPS) is 16.8. The molecule has 0 aromatic heterocycles. The van der Waals surface area contributed by atoms with Crippen molar-refractivity contribution in [1.29, 1.82) is 0 Å². The van der Waals surface area contributed by atoms with Crippen LogP contribution in [0, 0.1) is 17.5 Å². The van der Waals surface area contributed by atoms with E-state index in [1.807, 2.05) is 0 Å². The average Bonchev–Trinajstić information content (AvgIpc) is 3.20. The number of hydrogen-bond acceptors (Lipinski definition) is 5. The van der Waals surface area contributed by atoms with E-state index >= 15 is 0 Å². The van der Waals surface area contributed by atoms with Crippen LogP contribution in [0.25, 0.3) is 11.1 Å². The zero-order valence-corrected chi connectivity index (χ0v) is 19.7. The van der Waals surface area contributed by atoms with Gasteiger partial charge in [0.05, 0.1) is 12.1 Å². The molecule has 11 heteroatoms. The number of rotatable bonds is 5. The highest BCUT2D eigenvalue weighted by Crippen LogP contribution is 2.31. The maximum absolute atomic E-state index is 14.8. The summed E-state index contributed by atoms with van der Waals surface area (Å²) in [6.07, 6.45) is -0.847. The number of fused-ring (bicyclic) bond motifs is 1. The number of benzene rings is 3. The Morgan fingerprint density at radius 2 is 1.71 bits per heavy atom. The molecule has 1 fully saturated rings. The topological polar surface area (TPSA) is 105 Å². The number of carbonyl (C=O) groups is 4. The van der Waals surface area contributed by atoms with E-state index in [1.165, 1.54) is 11.0 Å². The van der Waals surface area contributed by atoms with Crippen LogP contribution >= 0.6 is 0 Å². The van der Waals surface area contributed by atoms with E-state index in [9.17, 15) is 32.3 Å². The summed E-state index contributed by atoms with van der Waals surface area (Å²) >= 11 is 0. The zero-order chi connectivity index (χ0) is 27.0. The Labute approximate surface area is 214 Å². The fourth-order valence-corrected chi connectivity index (χ4v) is 4.58. The molecule has 1 saturated heterocycles. The van der Waals surface area contributed by atoms with Gasteiger partial charge >= 0.3 is 6.09 Å². The van der Waals surface area contributed by atoms with Gasteiger partial charge in [0.2, 0.25) is 11.8 Å². The van der Waals surface area contributed by atoms with Crippen LogP contribution in [0.5, 0.6) is 0 Å². The summed E-state index contributed by atoms with van der Waals surface area (Å²) in [5.41, 5.74) is 0.188. The van der Waals surface area contributed by atoms with Crippen LogP contribution in [0.15, 0.2) is 54.6 Å². The Bertz CT molecular complexity index is 1460. The van der Waals surface area contributed by atoms with E-state index in [0.717, 1.165) is 18.2 Å². The van der Waals surface area contributed by atoms with Gasteiger partial charge in [0.25, 0.3) is 5.91 Å². The SMILES string of the molecule is O=C1CCC(N2Cc3c(F)cc(COC(=O)Nc4cc(F)c(-c5ccccc5)c(F)c4)cc3C2=O)C(=O)N1. The molecule has 1 atom stereocenters. The molecule has 0 radical (unpaired) electrons. The lowest BCUT2D eigenvalue weighted by atomic mass is 10.0. The van der Waals surface area contributed by atoms with Crippen LogP contribution < -0.4 is 10.6 Å². The molecule has 0 bridgehead atoms. The van der Waals surface area contributed by atoms with E-state index in [2.05, 4.69) is 10.6 Å². The molecule has 8 nitrogen and oxygen atoms in total. The maximum Gasteiger partial charge on any atom is 0.411 e. The van der Waals surface area contributed by atoms with Crippen molar-refractivity contribution in [1.82, 2.24) is 10.2 Å². The van der Waals surface area contributed by atoms with Gasteiger partial charge in [-0.05, 0) is 41.8 Å². The molecule has 2 aliphatic rings. The van der Waals surface area contributed by atoms with E-state index in [4.69, 9.17) is 4.74 Å². The number of nitrogens with zero attached hydrogens (tertiary/aromatic N) is 1. The summed E-state index contributed by atoms with van der Waals surface area (Å²) in [4.78, 5) is 49.9. The van der Waals surface area contributed by atoms with Crippen LogP contribution in [0.2, 0.25) is 0 Å². The Morgan fingerprint density at radius 1 is 1.00 bits per heavy atom. The average molecular weight is 523 g/mol. The first-order valence-corrected chi connectivity index (χ1v) is 11.7. The second kappa shape index (κ2) is 10.0. The van der Waals surface area contributed by atoms with Gasteiger partial charge in [-0.2, -0.15) is 0 Å². The van der Waals surface area contributed by atoms with Crippen molar-refractivity contribution in [3.8, 4) is 11.1 Å². The largest absolute Gasteiger partial charge is 0.444 e. The van der Waals surface area contributed by atoms with Gasteiger partial charge in [-0.15, -0.1) is 0 Å². The van der Waals surface area contributed by atoms with Gasteiger partial charge in [-0.25, -0.2) is 18.0 Å². The number of imide groups is 1. The van der Waals surface area contributed by atoms with Gasteiger partial charge in [-0.1, -0.05) is 30.3 Å². The van der Waals surface area contributed by atoms with Crippen LogP contribution in [-0.4, -0.2) is 34.8 Å². The lowest BCUT2D eigenvalue weighted by Crippen LogP contribution is -2.52. The fourth-order valence-electron chi connectivity index (χ4n) is 4.58. The Hall–Kier alpha value is -4.67. The number of hydrogen-bond donors (Lipinski definition) is 2. The van der Waals surface area contributed by atoms with Crippen molar-refractivity contribution >= 4 is 29.5 Å². The zero-order valence-electron chi connectivity index (χ0n) is 19.7. The third kappa shape index (κ3) is 4.82. The number of carbonyl (C=O) groups excluding carboxylic acids is 4. The molecule has 38 heavy (non-hydrogen) atoms. The first-order valence-electron chi connectivity index (χ1n) is 11.7. The number of amides is 4. The van der Waals surface area contributed by atoms with Gasteiger partial charge in [-0.3, -0.25) is 25.0 Å². The van der Waals surface area contributed by atoms with Crippen molar-refractivity contribution in [3.05, 3.63) is 88.7 Å². The number of ether oxygens (including phenoxy) is 1. The van der Waals surface area contributed by atoms with Crippen molar-refractivity contribution in [2.24, 2.45) is 0 Å². The molecule has 2 aliphatic heterocycles. The minimum absolute atomic E-state index is 0.0225. The third-order valence-electron chi connectivity index (χ3n) is 6.38. The predicted molar refractivity (Wildman–Crippen MR) is 128 cm³/mol. The lowest BCUT2D eigenvalue weighted by molar-refractivity contribution is -0.136. The van der Waals surface area contributed by atoms with Gasteiger partial charge in [0, 0.05) is 23.2 Å². The summed E-state index contributed by atoms with van der Waals surface area (Å²) in [5.74, 6) is -4.11. The molecule has 4 amide bonds. The monoisotopic (exact) mass is 523 g/mol. The molecule has 2 heterocycles. The first kappa shape index (κ1) is 25.0. The quantitative estimate of drug-likeness (QED) is 0.486. The highest BCUT2D eigenvalue weighted by atomic mass is 19.1. The van der Waals surface area contributed by atoms with E-state index in [-0.39, 0.29) is 47.3 Å². The Morgan fingerprint density at radius 3 is 2.39 bits per heavy atom.